The van der Waals surface area contributed by atoms with Crippen LogP contribution in [0.1, 0.15) is 16.0 Å². The van der Waals surface area contributed by atoms with Gasteiger partial charge >= 0.3 is 0 Å². The van der Waals surface area contributed by atoms with E-state index in [0.29, 0.717) is 0 Å². The Morgan fingerprint density at radius 2 is 1.77 bits per heavy atom. The van der Waals surface area contributed by atoms with Crippen LogP contribution in [0.3, 0.4) is 0 Å². The van der Waals surface area contributed by atoms with Crippen LogP contribution in [-0.2, 0) is 0 Å². The van der Waals surface area contributed by atoms with E-state index < -0.39 is 0 Å². The molecule has 0 amide bonds. The molecular formula is C11H11BrS. The van der Waals surface area contributed by atoms with Gasteiger partial charge in [-0.3, -0.25) is 0 Å². The van der Waals surface area contributed by atoms with E-state index in [0.717, 1.165) is 0 Å². The van der Waals surface area contributed by atoms with Crippen LogP contribution in [0.5, 0.6) is 0 Å². The smallest absolute Gasteiger partial charge is 0.0351 e. The first-order chi connectivity index (χ1) is 6.11. The highest BCUT2D eigenvalue weighted by molar-refractivity contribution is 9.10. The van der Waals surface area contributed by atoms with E-state index in [1.807, 2.05) is 11.3 Å². The number of halogens is 1. The Kier molecular flexibility index (Phi) is 2.20. The van der Waals surface area contributed by atoms with E-state index in [9.17, 15) is 0 Å². The fourth-order valence-electron chi connectivity index (χ4n) is 1.63. The molecule has 0 aliphatic carbocycles. The van der Waals surface area contributed by atoms with E-state index in [4.69, 9.17) is 0 Å². The highest BCUT2D eigenvalue weighted by atomic mass is 79.9. The zero-order chi connectivity index (χ0) is 9.59. The molecule has 2 heteroatoms. The standard InChI is InChI=1S/C11H11BrS/c1-6-8(3)13-10-5-4-9(12)7(2)11(6)10/h4-5H,1-3H3. The fourth-order valence-corrected chi connectivity index (χ4v) is 3.09. The van der Waals surface area contributed by atoms with Crippen molar-refractivity contribution in [1.29, 1.82) is 0 Å². The molecule has 68 valence electrons. The Morgan fingerprint density at radius 3 is 2.46 bits per heavy atom. The molecule has 2 rings (SSSR count). The molecule has 0 fully saturated rings. The lowest BCUT2D eigenvalue weighted by Gasteiger charge is -2.00. The van der Waals surface area contributed by atoms with Crippen LogP contribution in [0.15, 0.2) is 16.6 Å². The van der Waals surface area contributed by atoms with Gasteiger partial charge in [-0.05, 0) is 49.4 Å². The molecule has 0 aliphatic rings. The van der Waals surface area contributed by atoms with Crippen LogP contribution in [0.25, 0.3) is 10.1 Å². The topological polar surface area (TPSA) is 0 Å². The highest BCUT2D eigenvalue weighted by Gasteiger charge is 2.08. The van der Waals surface area contributed by atoms with Crippen molar-refractivity contribution in [3.8, 4) is 0 Å². The summed E-state index contributed by atoms with van der Waals surface area (Å²) in [4.78, 5) is 1.43. The summed E-state index contributed by atoms with van der Waals surface area (Å²) in [6, 6.07) is 4.32. The van der Waals surface area contributed by atoms with Gasteiger partial charge in [-0.15, -0.1) is 11.3 Å². The van der Waals surface area contributed by atoms with Crippen molar-refractivity contribution in [1.82, 2.24) is 0 Å². The molecule has 2 aromatic rings. The third kappa shape index (κ3) is 1.32. The Labute approximate surface area is 90.7 Å². The Balaban J connectivity index is 2.97. The van der Waals surface area contributed by atoms with Gasteiger partial charge in [-0.2, -0.15) is 0 Å². The summed E-state index contributed by atoms with van der Waals surface area (Å²) in [6.45, 7) is 6.56. The zero-order valence-corrected chi connectivity index (χ0v) is 10.3. The van der Waals surface area contributed by atoms with Gasteiger partial charge in [-0.25, -0.2) is 0 Å². The van der Waals surface area contributed by atoms with Crippen molar-refractivity contribution in [2.45, 2.75) is 20.8 Å². The molecule has 0 saturated heterocycles. The summed E-state index contributed by atoms with van der Waals surface area (Å²) in [5.41, 5.74) is 2.79. The number of thiophene rings is 1. The highest BCUT2D eigenvalue weighted by Crippen LogP contribution is 2.35. The lowest BCUT2D eigenvalue weighted by Crippen LogP contribution is -1.78. The first kappa shape index (κ1) is 9.22. The van der Waals surface area contributed by atoms with Crippen LogP contribution >= 0.6 is 27.3 Å². The number of benzene rings is 1. The maximum atomic E-state index is 3.56. The third-order valence-corrected chi connectivity index (χ3v) is 4.56. The zero-order valence-electron chi connectivity index (χ0n) is 7.94. The maximum Gasteiger partial charge on any atom is 0.0351 e. The predicted molar refractivity (Wildman–Crippen MR) is 63.7 cm³/mol. The summed E-state index contributed by atoms with van der Waals surface area (Å²) < 4.78 is 2.61. The number of aryl methyl sites for hydroxylation is 3. The average molecular weight is 255 g/mol. The van der Waals surface area contributed by atoms with Crippen molar-refractivity contribution in [3.05, 3.63) is 32.6 Å². The van der Waals surface area contributed by atoms with Crippen molar-refractivity contribution in [2.24, 2.45) is 0 Å². The summed E-state index contributed by atoms with van der Waals surface area (Å²) in [6.07, 6.45) is 0. The van der Waals surface area contributed by atoms with Crippen LogP contribution in [0.4, 0.5) is 0 Å². The van der Waals surface area contributed by atoms with Gasteiger partial charge in [0.1, 0.15) is 0 Å². The van der Waals surface area contributed by atoms with E-state index in [1.54, 1.807) is 0 Å². The maximum absolute atomic E-state index is 3.56. The molecule has 0 radical (unpaired) electrons. The van der Waals surface area contributed by atoms with Crippen molar-refractivity contribution < 1.29 is 0 Å². The van der Waals surface area contributed by atoms with Crippen LogP contribution in [-0.4, -0.2) is 0 Å². The monoisotopic (exact) mass is 254 g/mol. The Hall–Kier alpha value is -0.340. The molecule has 0 N–H and O–H groups in total. The van der Waals surface area contributed by atoms with Crippen LogP contribution in [0.2, 0.25) is 0 Å². The predicted octanol–water partition coefficient (Wildman–Crippen LogP) is 4.59. The quantitative estimate of drug-likeness (QED) is 0.645. The molecule has 0 spiro atoms. The SMILES string of the molecule is Cc1sc2ccc(Br)c(C)c2c1C. The van der Waals surface area contributed by atoms with E-state index in [1.165, 1.54) is 30.6 Å². The van der Waals surface area contributed by atoms with E-state index >= 15 is 0 Å². The molecule has 0 nitrogen and oxygen atoms in total. The summed E-state index contributed by atoms with van der Waals surface area (Å²) in [5.74, 6) is 0. The summed E-state index contributed by atoms with van der Waals surface area (Å²) in [5, 5.41) is 1.43. The molecule has 13 heavy (non-hydrogen) atoms. The minimum atomic E-state index is 1.21. The van der Waals surface area contributed by atoms with Gasteiger partial charge in [0.2, 0.25) is 0 Å². The van der Waals surface area contributed by atoms with E-state index in [-0.39, 0.29) is 0 Å². The molecule has 0 bridgehead atoms. The van der Waals surface area contributed by atoms with Gasteiger partial charge in [-0.1, -0.05) is 15.9 Å². The van der Waals surface area contributed by atoms with Gasteiger partial charge in [0.05, 0.1) is 0 Å². The third-order valence-electron chi connectivity index (χ3n) is 2.53. The van der Waals surface area contributed by atoms with Gasteiger partial charge in [0, 0.05) is 14.0 Å². The van der Waals surface area contributed by atoms with Gasteiger partial charge in [0.25, 0.3) is 0 Å². The van der Waals surface area contributed by atoms with Crippen molar-refractivity contribution in [2.75, 3.05) is 0 Å². The van der Waals surface area contributed by atoms with E-state index in [2.05, 4.69) is 48.8 Å². The number of fused-ring (bicyclic) bond motifs is 1. The number of hydrogen-bond acceptors (Lipinski definition) is 1. The molecular weight excluding hydrogens is 244 g/mol. The first-order valence-electron chi connectivity index (χ1n) is 4.26. The fraction of sp³-hybridized carbons (Fsp3) is 0.273. The average Bonchev–Trinajstić information content (AvgIpc) is 2.37. The van der Waals surface area contributed by atoms with Gasteiger partial charge < -0.3 is 0 Å². The number of hydrogen-bond donors (Lipinski definition) is 0. The second-order valence-electron chi connectivity index (χ2n) is 3.33. The normalized spacial score (nSPS) is 11.1. The molecule has 1 heterocycles. The first-order valence-corrected chi connectivity index (χ1v) is 5.87. The molecule has 0 atom stereocenters. The van der Waals surface area contributed by atoms with Crippen LogP contribution in [0, 0.1) is 20.8 Å². The second kappa shape index (κ2) is 3.10. The summed E-state index contributed by atoms with van der Waals surface area (Å²) in [7, 11) is 0. The molecule has 0 unspecified atom stereocenters. The van der Waals surface area contributed by atoms with Crippen molar-refractivity contribution >= 4 is 37.4 Å². The van der Waals surface area contributed by atoms with Crippen molar-refractivity contribution in [3.63, 3.8) is 0 Å². The molecule has 0 saturated carbocycles. The lowest BCUT2D eigenvalue weighted by molar-refractivity contribution is 1.42. The summed E-state index contributed by atoms with van der Waals surface area (Å²) >= 11 is 5.45. The molecule has 1 aromatic heterocycles. The number of rotatable bonds is 0. The second-order valence-corrected chi connectivity index (χ2v) is 5.44. The minimum absolute atomic E-state index is 1.21. The lowest BCUT2D eigenvalue weighted by atomic mass is 10.1. The Morgan fingerprint density at radius 1 is 1.08 bits per heavy atom. The molecule has 0 aliphatic heterocycles. The minimum Gasteiger partial charge on any atom is -0.140 e. The van der Waals surface area contributed by atoms with Crippen LogP contribution < -0.4 is 0 Å². The Bertz CT molecular complexity index is 468. The van der Waals surface area contributed by atoms with Gasteiger partial charge in [0.15, 0.2) is 0 Å². The largest absolute Gasteiger partial charge is 0.140 e. The molecule has 1 aromatic carbocycles.